The average Bonchev–Trinajstić information content (AvgIpc) is 2.71. The van der Waals surface area contributed by atoms with Crippen LogP contribution in [0.3, 0.4) is 0 Å². The summed E-state index contributed by atoms with van der Waals surface area (Å²) in [6, 6.07) is 4.48. The van der Waals surface area contributed by atoms with E-state index >= 15 is 0 Å². The van der Waals surface area contributed by atoms with Gasteiger partial charge in [-0.3, -0.25) is 0 Å². The van der Waals surface area contributed by atoms with Gasteiger partial charge in [0.25, 0.3) is 0 Å². The number of morpholine rings is 1. The summed E-state index contributed by atoms with van der Waals surface area (Å²) < 4.78 is 5.39. The third-order valence-electron chi connectivity index (χ3n) is 3.94. The normalized spacial score (nSPS) is 23.9. The van der Waals surface area contributed by atoms with Gasteiger partial charge in [0.15, 0.2) is 0 Å². The first kappa shape index (κ1) is 11.4. The fraction of sp³-hybridized carbons (Fsp3) is 0.571. The molecular weight excluding hydrogens is 234 g/mol. The Morgan fingerprint density at radius 1 is 1.29 bits per heavy atom. The first-order valence-corrected chi connectivity index (χ1v) is 6.78. The van der Waals surface area contributed by atoms with E-state index in [9.17, 15) is 0 Å². The van der Waals surface area contributed by atoms with Crippen LogP contribution in [0, 0.1) is 0 Å². The van der Waals surface area contributed by atoms with Gasteiger partial charge in [-0.2, -0.15) is 0 Å². The van der Waals surface area contributed by atoms with Gasteiger partial charge in [-0.15, -0.1) is 0 Å². The Bertz CT molecular complexity index is 426. The lowest BCUT2D eigenvalue weighted by Gasteiger charge is -2.30. The first-order chi connectivity index (χ1) is 8.25. The Morgan fingerprint density at radius 2 is 2.06 bits per heavy atom. The highest BCUT2D eigenvalue weighted by atomic mass is 35.5. The number of ether oxygens (including phenoxy) is 1. The van der Waals surface area contributed by atoms with Crippen molar-refractivity contribution >= 4 is 17.3 Å². The molecular formula is C14H18ClNO. The van der Waals surface area contributed by atoms with Gasteiger partial charge in [-0.25, -0.2) is 0 Å². The minimum Gasteiger partial charge on any atom is -0.378 e. The smallest absolute Gasteiger partial charge is 0.0642 e. The summed E-state index contributed by atoms with van der Waals surface area (Å²) in [5.74, 6) is 0.668. The van der Waals surface area contributed by atoms with Gasteiger partial charge in [0, 0.05) is 13.1 Å². The van der Waals surface area contributed by atoms with E-state index in [0.717, 1.165) is 31.3 Å². The van der Waals surface area contributed by atoms with E-state index in [-0.39, 0.29) is 0 Å². The SMILES string of the molecule is C[C@@H]1CCc2cc(N3CCOCC3)c(Cl)cc21. The van der Waals surface area contributed by atoms with Crippen LogP contribution in [0.4, 0.5) is 5.69 Å². The number of fused-ring (bicyclic) bond motifs is 1. The Morgan fingerprint density at radius 3 is 2.82 bits per heavy atom. The van der Waals surface area contributed by atoms with Crippen LogP contribution in [-0.2, 0) is 11.2 Å². The number of hydrogen-bond donors (Lipinski definition) is 0. The van der Waals surface area contributed by atoms with Crippen LogP contribution in [0.2, 0.25) is 5.02 Å². The second kappa shape index (κ2) is 4.51. The zero-order valence-electron chi connectivity index (χ0n) is 10.2. The number of benzene rings is 1. The number of hydrogen-bond acceptors (Lipinski definition) is 2. The zero-order valence-corrected chi connectivity index (χ0v) is 11.0. The fourth-order valence-corrected chi connectivity index (χ4v) is 3.16. The zero-order chi connectivity index (χ0) is 11.8. The minimum atomic E-state index is 0.668. The van der Waals surface area contributed by atoms with E-state index in [1.54, 1.807) is 0 Å². The standard InChI is InChI=1S/C14H18ClNO/c1-10-2-3-11-8-14(13(15)9-12(10)11)16-4-6-17-7-5-16/h8-10H,2-7H2,1H3/t10-/m1/s1. The molecule has 0 radical (unpaired) electrons. The largest absolute Gasteiger partial charge is 0.378 e. The summed E-state index contributed by atoms with van der Waals surface area (Å²) in [5, 5.41) is 0.902. The van der Waals surface area contributed by atoms with Crippen molar-refractivity contribution in [3.8, 4) is 0 Å². The highest BCUT2D eigenvalue weighted by molar-refractivity contribution is 6.33. The average molecular weight is 252 g/mol. The van der Waals surface area contributed by atoms with Crippen LogP contribution < -0.4 is 4.90 Å². The number of aryl methyl sites for hydroxylation is 1. The molecule has 1 aliphatic heterocycles. The van der Waals surface area contributed by atoms with Gasteiger partial charge in [0.05, 0.1) is 23.9 Å². The molecule has 1 saturated heterocycles. The molecule has 92 valence electrons. The lowest BCUT2D eigenvalue weighted by molar-refractivity contribution is 0.122. The predicted molar refractivity (Wildman–Crippen MR) is 71.2 cm³/mol. The van der Waals surface area contributed by atoms with Crippen molar-refractivity contribution in [1.29, 1.82) is 0 Å². The summed E-state index contributed by atoms with van der Waals surface area (Å²) in [7, 11) is 0. The molecule has 2 aliphatic rings. The molecule has 1 atom stereocenters. The van der Waals surface area contributed by atoms with Crippen LogP contribution in [0.1, 0.15) is 30.4 Å². The quantitative estimate of drug-likeness (QED) is 0.760. The van der Waals surface area contributed by atoms with Gasteiger partial charge in [0.2, 0.25) is 0 Å². The summed E-state index contributed by atoms with van der Waals surface area (Å²) in [6.07, 6.45) is 2.46. The molecule has 0 spiro atoms. The lowest BCUT2D eigenvalue weighted by Crippen LogP contribution is -2.36. The van der Waals surface area contributed by atoms with Crippen LogP contribution in [0.25, 0.3) is 0 Å². The number of nitrogens with zero attached hydrogens (tertiary/aromatic N) is 1. The minimum absolute atomic E-state index is 0.668. The molecule has 0 aromatic heterocycles. The van der Waals surface area contributed by atoms with E-state index in [1.807, 2.05) is 0 Å². The second-order valence-electron chi connectivity index (χ2n) is 5.04. The second-order valence-corrected chi connectivity index (χ2v) is 5.45. The van der Waals surface area contributed by atoms with Gasteiger partial charge in [0.1, 0.15) is 0 Å². The van der Waals surface area contributed by atoms with Gasteiger partial charge < -0.3 is 9.64 Å². The Balaban J connectivity index is 1.95. The molecule has 0 amide bonds. The topological polar surface area (TPSA) is 12.5 Å². The van der Waals surface area contributed by atoms with Crippen LogP contribution in [0.5, 0.6) is 0 Å². The van der Waals surface area contributed by atoms with Crippen molar-refractivity contribution in [2.45, 2.75) is 25.7 Å². The van der Waals surface area contributed by atoms with Crippen LogP contribution >= 0.6 is 11.6 Å². The molecule has 1 aromatic carbocycles. The molecule has 0 unspecified atom stereocenters. The Hall–Kier alpha value is -0.730. The molecule has 1 aromatic rings. The molecule has 1 heterocycles. The molecule has 3 rings (SSSR count). The molecule has 3 heteroatoms. The monoisotopic (exact) mass is 251 g/mol. The summed E-state index contributed by atoms with van der Waals surface area (Å²) >= 11 is 6.42. The Labute approximate surface area is 108 Å². The number of anilines is 1. The summed E-state index contributed by atoms with van der Waals surface area (Å²) in [5.41, 5.74) is 4.14. The van der Waals surface area contributed by atoms with Crippen molar-refractivity contribution in [1.82, 2.24) is 0 Å². The van der Waals surface area contributed by atoms with Crippen molar-refractivity contribution < 1.29 is 4.74 Å². The first-order valence-electron chi connectivity index (χ1n) is 6.40. The fourth-order valence-electron chi connectivity index (χ4n) is 2.87. The maximum absolute atomic E-state index is 6.42. The highest BCUT2D eigenvalue weighted by Gasteiger charge is 2.22. The molecule has 0 bridgehead atoms. The van der Waals surface area contributed by atoms with Gasteiger partial charge in [-0.05, 0) is 42.0 Å². The van der Waals surface area contributed by atoms with Crippen molar-refractivity contribution in [3.05, 3.63) is 28.3 Å². The highest BCUT2D eigenvalue weighted by Crippen LogP contribution is 2.39. The van der Waals surface area contributed by atoms with Crippen LogP contribution in [-0.4, -0.2) is 26.3 Å². The van der Waals surface area contributed by atoms with Crippen LogP contribution in [0.15, 0.2) is 12.1 Å². The van der Waals surface area contributed by atoms with E-state index in [1.165, 1.54) is 29.7 Å². The predicted octanol–water partition coefficient (Wildman–Crippen LogP) is 3.23. The van der Waals surface area contributed by atoms with E-state index < -0.39 is 0 Å². The molecule has 0 N–H and O–H groups in total. The molecule has 1 aliphatic carbocycles. The van der Waals surface area contributed by atoms with Gasteiger partial charge >= 0.3 is 0 Å². The maximum Gasteiger partial charge on any atom is 0.0642 e. The Kier molecular flexibility index (Phi) is 3.01. The molecule has 1 fully saturated rings. The third kappa shape index (κ3) is 2.04. The van der Waals surface area contributed by atoms with E-state index in [2.05, 4.69) is 24.0 Å². The van der Waals surface area contributed by atoms with E-state index in [0.29, 0.717) is 5.92 Å². The van der Waals surface area contributed by atoms with E-state index in [4.69, 9.17) is 16.3 Å². The number of halogens is 1. The third-order valence-corrected chi connectivity index (χ3v) is 4.24. The van der Waals surface area contributed by atoms with Crippen molar-refractivity contribution in [2.24, 2.45) is 0 Å². The van der Waals surface area contributed by atoms with Gasteiger partial charge in [-0.1, -0.05) is 18.5 Å². The lowest BCUT2D eigenvalue weighted by atomic mass is 10.0. The van der Waals surface area contributed by atoms with Crippen molar-refractivity contribution in [2.75, 3.05) is 31.2 Å². The molecule has 0 saturated carbocycles. The maximum atomic E-state index is 6.42. The molecule has 17 heavy (non-hydrogen) atoms. The summed E-state index contributed by atoms with van der Waals surface area (Å²) in [4.78, 5) is 2.34. The number of rotatable bonds is 1. The van der Waals surface area contributed by atoms with Crippen molar-refractivity contribution in [3.63, 3.8) is 0 Å². The molecule has 2 nitrogen and oxygen atoms in total. The summed E-state index contributed by atoms with van der Waals surface area (Å²) in [6.45, 7) is 5.81.